The summed E-state index contributed by atoms with van der Waals surface area (Å²) in [4.78, 5) is 0. The first kappa shape index (κ1) is 12.4. The third kappa shape index (κ3) is 28.5. The predicted molar refractivity (Wildman–Crippen MR) is 45.6 cm³/mol. The molecule has 60 valence electrons. The van der Waals surface area contributed by atoms with Crippen molar-refractivity contribution in [2.45, 2.75) is 32.6 Å². The summed E-state index contributed by atoms with van der Waals surface area (Å²) >= 11 is 0. The van der Waals surface area contributed by atoms with Crippen molar-refractivity contribution in [3.63, 3.8) is 0 Å². The highest BCUT2D eigenvalue weighted by atomic mass is 14.2. The van der Waals surface area contributed by atoms with Crippen molar-refractivity contribution < 1.29 is 0 Å². The molecule has 0 N–H and O–H groups in total. The van der Waals surface area contributed by atoms with Gasteiger partial charge in [-0.2, -0.15) is 10.5 Å². The lowest BCUT2D eigenvalue weighted by molar-refractivity contribution is 0.885. The molecular formula is C9H14N2. The Morgan fingerprint density at radius 2 is 1.64 bits per heavy atom. The molecular weight excluding hydrogens is 136 g/mol. The summed E-state index contributed by atoms with van der Waals surface area (Å²) in [5, 5.41) is 15.9. The highest BCUT2D eigenvalue weighted by molar-refractivity contribution is 4.74. The first-order chi connectivity index (χ1) is 5.33. The number of nitrogens with zero attached hydrogens (tertiary/aromatic N) is 2. The van der Waals surface area contributed by atoms with Crippen molar-refractivity contribution >= 4 is 0 Å². The summed E-state index contributed by atoms with van der Waals surface area (Å²) < 4.78 is 0. The second-order valence-electron chi connectivity index (χ2n) is 1.87. The van der Waals surface area contributed by atoms with Crippen molar-refractivity contribution in [1.29, 1.82) is 10.5 Å². The minimum Gasteiger partial charge on any atom is -0.198 e. The van der Waals surface area contributed by atoms with Gasteiger partial charge >= 0.3 is 0 Å². The fraction of sp³-hybridized carbons (Fsp3) is 0.556. The van der Waals surface area contributed by atoms with Gasteiger partial charge < -0.3 is 0 Å². The molecule has 0 unspecified atom stereocenters. The Labute approximate surface area is 68.8 Å². The first-order valence-corrected chi connectivity index (χ1v) is 3.68. The summed E-state index contributed by atoms with van der Waals surface area (Å²) in [5.41, 5.74) is 0. The normalized spacial score (nSPS) is 6.45. The monoisotopic (exact) mass is 150 g/mol. The molecule has 2 nitrogen and oxygen atoms in total. The average molecular weight is 150 g/mol. The van der Waals surface area contributed by atoms with Crippen molar-refractivity contribution in [3.8, 4) is 12.1 Å². The van der Waals surface area contributed by atoms with E-state index in [9.17, 15) is 0 Å². The Hall–Kier alpha value is -1.28. The number of nitriles is 2. The van der Waals surface area contributed by atoms with Crippen molar-refractivity contribution in [3.05, 3.63) is 12.7 Å². The minimum atomic E-state index is 0.508. The molecule has 0 aliphatic carbocycles. The number of unbranched alkanes of at least 4 members (excludes halogenated alkanes) is 2. The van der Waals surface area contributed by atoms with Crippen molar-refractivity contribution in [2.24, 2.45) is 0 Å². The number of hydrogen-bond acceptors (Lipinski definition) is 2. The first-order valence-electron chi connectivity index (χ1n) is 3.68. The van der Waals surface area contributed by atoms with Crippen LogP contribution in [0, 0.1) is 22.7 Å². The Balaban J connectivity index is 0. The standard InChI is InChI=1S/C5H6N2.C4H8/c6-4-2-1-3-5-7;1-3-4-2/h1-3H2;3H,1,4H2,2H3. The van der Waals surface area contributed by atoms with Gasteiger partial charge in [-0.3, -0.25) is 0 Å². The third-order valence-electron chi connectivity index (χ3n) is 0.866. The van der Waals surface area contributed by atoms with Crippen LogP contribution in [0.1, 0.15) is 32.6 Å². The van der Waals surface area contributed by atoms with Crippen LogP contribution in [0.5, 0.6) is 0 Å². The fourth-order valence-corrected chi connectivity index (χ4v) is 0.247. The van der Waals surface area contributed by atoms with Gasteiger partial charge in [0, 0.05) is 12.8 Å². The van der Waals surface area contributed by atoms with Gasteiger partial charge in [0.05, 0.1) is 12.1 Å². The Morgan fingerprint density at radius 3 is 1.82 bits per heavy atom. The summed E-state index contributed by atoms with van der Waals surface area (Å²) in [5.74, 6) is 0. The molecule has 11 heavy (non-hydrogen) atoms. The van der Waals surface area contributed by atoms with Gasteiger partial charge in [0.25, 0.3) is 0 Å². The van der Waals surface area contributed by atoms with Gasteiger partial charge in [-0.1, -0.05) is 13.0 Å². The van der Waals surface area contributed by atoms with E-state index in [2.05, 4.69) is 13.5 Å². The lowest BCUT2D eigenvalue weighted by atomic mass is 10.3. The summed E-state index contributed by atoms with van der Waals surface area (Å²) in [6.07, 6.45) is 4.69. The zero-order valence-corrected chi connectivity index (χ0v) is 7.01. The average Bonchev–Trinajstić information content (AvgIpc) is 2.06. The quantitative estimate of drug-likeness (QED) is 0.458. The second-order valence-corrected chi connectivity index (χ2v) is 1.87. The molecule has 0 aromatic heterocycles. The molecule has 0 aliphatic heterocycles. The Kier molecular flexibility index (Phi) is 17.9. The molecule has 0 aromatic rings. The van der Waals surface area contributed by atoms with Crippen LogP contribution >= 0.6 is 0 Å². The van der Waals surface area contributed by atoms with Crippen LogP contribution in [0.15, 0.2) is 12.7 Å². The highest BCUT2D eigenvalue weighted by Gasteiger charge is 1.79. The Morgan fingerprint density at radius 1 is 1.27 bits per heavy atom. The van der Waals surface area contributed by atoms with Crippen molar-refractivity contribution in [2.75, 3.05) is 0 Å². The van der Waals surface area contributed by atoms with E-state index in [1.165, 1.54) is 0 Å². The molecule has 0 aromatic carbocycles. The third-order valence-corrected chi connectivity index (χ3v) is 0.866. The van der Waals surface area contributed by atoms with E-state index in [1.807, 2.05) is 18.2 Å². The molecule has 0 atom stereocenters. The number of allylic oxidation sites excluding steroid dienone is 1. The van der Waals surface area contributed by atoms with E-state index in [0.29, 0.717) is 19.3 Å². The van der Waals surface area contributed by atoms with E-state index in [0.717, 1.165) is 6.42 Å². The maximum absolute atomic E-state index is 7.93. The molecule has 2 heteroatoms. The molecule has 0 heterocycles. The molecule has 0 amide bonds. The Bertz CT molecular complexity index is 134. The summed E-state index contributed by atoms with van der Waals surface area (Å²) in [7, 11) is 0. The maximum atomic E-state index is 7.93. The van der Waals surface area contributed by atoms with Crippen LogP contribution in [0.25, 0.3) is 0 Å². The molecule has 0 saturated carbocycles. The van der Waals surface area contributed by atoms with Gasteiger partial charge in [0.2, 0.25) is 0 Å². The predicted octanol–water partition coefficient (Wildman–Crippen LogP) is 2.79. The topological polar surface area (TPSA) is 47.6 Å². The van der Waals surface area contributed by atoms with Gasteiger partial charge in [-0.15, -0.1) is 6.58 Å². The molecule has 0 fully saturated rings. The SMILES string of the molecule is C=CCC.N#CCCCC#N. The van der Waals surface area contributed by atoms with E-state index in [4.69, 9.17) is 10.5 Å². The van der Waals surface area contributed by atoms with Crippen LogP contribution in [0.2, 0.25) is 0 Å². The molecule has 0 spiro atoms. The van der Waals surface area contributed by atoms with Crippen LogP contribution in [-0.2, 0) is 0 Å². The summed E-state index contributed by atoms with van der Waals surface area (Å²) in [6.45, 7) is 5.54. The zero-order valence-electron chi connectivity index (χ0n) is 7.01. The van der Waals surface area contributed by atoms with Gasteiger partial charge in [0.15, 0.2) is 0 Å². The minimum absolute atomic E-state index is 0.508. The lowest BCUT2D eigenvalue weighted by Crippen LogP contribution is -1.65. The second kappa shape index (κ2) is 15.9. The smallest absolute Gasteiger partial charge is 0.0622 e. The van der Waals surface area contributed by atoms with E-state index in [-0.39, 0.29) is 0 Å². The maximum Gasteiger partial charge on any atom is 0.0622 e. The number of rotatable bonds is 3. The molecule has 0 bridgehead atoms. The van der Waals surface area contributed by atoms with Crippen LogP contribution in [0.3, 0.4) is 0 Å². The highest BCUT2D eigenvalue weighted by Crippen LogP contribution is 1.88. The van der Waals surface area contributed by atoms with Gasteiger partial charge in [-0.25, -0.2) is 0 Å². The van der Waals surface area contributed by atoms with Crippen LogP contribution in [-0.4, -0.2) is 0 Å². The van der Waals surface area contributed by atoms with E-state index in [1.54, 1.807) is 0 Å². The molecule has 0 saturated heterocycles. The summed E-state index contributed by atoms with van der Waals surface area (Å²) in [6, 6.07) is 3.90. The molecule has 0 radical (unpaired) electrons. The van der Waals surface area contributed by atoms with Gasteiger partial charge in [0.1, 0.15) is 0 Å². The van der Waals surface area contributed by atoms with Crippen molar-refractivity contribution in [1.82, 2.24) is 0 Å². The molecule has 0 aliphatic rings. The van der Waals surface area contributed by atoms with Crippen LogP contribution < -0.4 is 0 Å². The van der Waals surface area contributed by atoms with E-state index >= 15 is 0 Å². The number of hydrogen-bond donors (Lipinski definition) is 0. The fourth-order valence-electron chi connectivity index (χ4n) is 0.247. The van der Waals surface area contributed by atoms with E-state index < -0.39 is 0 Å². The zero-order chi connectivity index (χ0) is 8.95. The molecule has 0 rings (SSSR count). The van der Waals surface area contributed by atoms with Crippen LogP contribution in [0.4, 0.5) is 0 Å². The lowest BCUT2D eigenvalue weighted by Gasteiger charge is -1.75. The largest absolute Gasteiger partial charge is 0.198 e. The van der Waals surface area contributed by atoms with Gasteiger partial charge in [-0.05, 0) is 12.8 Å².